The summed E-state index contributed by atoms with van der Waals surface area (Å²) in [5.74, 6) is 1.38. The minimum absolute atomic E-state index is 0.216. The zero-order valence-corrected chi connectivity index (χ0v) is 17.5. The maximum atomic E-state index is 12.7. The number of hydrogen-bond acceptors (Lipinski definition) is 4. The molecule has 1 aromatic heterocycles. The first-order chi connectivity index (χ1) is 15.1. The van der Waals surface area contributed by atoms with Crippen molar-refractivity contribution in [3.8, 4) is 5.75 Å². The normalized spacial score (nSPS) is 19.5. The smallest absolute Gasteiger partial charge is 0.270 e. The predicted molar refractivity (Wildman–Crippen MR) is 123 cm³/mol. The van der Waals surface area contributed by atoms with Crippen LogP contribution in [0.5, 0.6) is 5.75 Å². The van der Waals surface area contributed by atoms with Crippen LogP contribution < -0.4 is 10.1 Å². The van der Waals surface area contributed by atoms with Crippen LogP contribution in [0, 0.1) is 0 Å². The Bertz CT molecular complexity index is 1160. The third-order valence-corrected chi connectivity index (χ3v) is 6.20. The van der Waals surface area contributed by atoms with Crippen LogP contribution in [-0.2, 0) is 11.8 Å². The second-order valence-electron chi connectivity index (χ2n) is 8.16. The van der Waals surface area contributed by atoms with Gasteiger partial charge in [0.05, 0.1) is 12.8 Å². The molecule has 1 fully saturated rings. The highest BCUT2D eigenvalue weighted by Crippen LogP contribution is 2.44. The summed E-state index contributed by atoms with van der Waals surface area (Å²) in [7, 11) is 1.67. The maximum Gasteiger partial charge on any atom is 0.270 e. The summed E-state index contributed by atoms with van der Waals surface area (Å²) in [5.41, 5.74) is 3.77. The second-order valence-corrected chi connectivity index (χ2v) is 8.16. The Hall–Kier alpha value is -3.60. The summed E-state index contributed by atoms with van der Waals surface area (Å²) in [5, 5.41) is 8.12. The quantitative estimate of drug-likeness (QED) is 0.589. The predicted octanol–water partition coefficient (Wildman–Crippen LogP) is 4.85. The number of carbonyl (C=O) groups is 1. The highest BCUT2D eigenvalue weighted by atomic mass is 16.5. The van der Waals surface area contributed by atoms with Gasteiger partial charge in [-0.15, -0.1) is 5.10 Å². The number of aromatic nitrogens is 2. The van der Waals surface area contributed by atoms with Crippen LogP contribution in [0.1, 0.15) is 40.0 Å². The minimum Gasteiger partial charge on any atom is -0.497 e. The van der Waals surface area contributed by atoms with Gasteiger partial charge in [-0.2, -0.15) is 4.68 Å². The zero-order chi connectivity index (χ0) is 21.4. The van der Waals surface area contributed by atoms with E-state index < -0.39 is 5.41 Å². The lowest BCUT2D eigenvalue weighted by atomic mass is 9.68. The molecule has 0 radical (unpaired) electrons. The molecule has 1 unspecified atom stereocenters. The van der Waals surface area contributed by atoms with E-state index in [9.17, 15) is 4.79 Å². The molecule has 2 aliphatic rings. The van der Waals surface area contributed by atoms with Gasteiger partial charge in [-0.05, 0) is 42.2 Å². The lowest BCUT2D eigenvalue weighted by Crippen LogP contribution is -2.32. The van der Waals surface area contributed by atoms with Crippen molar-refractivity contribution >= 4 is 17.8 Å². The molecule has 5 heteroatoms. The number of allylic oxidation sites excluding steroid dienone is 2. The van der Waals surface area contributed by atoms with Crippen LogP contribution in [0.2, 0.25) is 0 Å². The van der Waals surface area contributed by atoms with E-state index in [1.165, 1.54) is 10.8 Å². The number of nitrogens with one attached hydrogen (secondary N) is 1. The molecule has 156 valence electrons. The van der Waals surface area contributed by atoms with Crippen molar-refractivity contribution in [1.82, 2.24) is 9.78 Å². The summed E-state index contributed by atoms with van der Waals surface area (Å²) in [6.07, 6.45) is 8.58. The van der Waals surface area contributed by atoms with E-state index in [1.807, 2.05) is 18.2 Å². The molecule has 0 spiro atoms. The second kappa shape index (κ2) is 7.58. The number of anilines is 1. The van der Waals surface area contributed by atoms with E-state index in [-0.39, 0.29) is 5.91 Å². The van der Waals surface area contributed by atoms with Gasteiger partial charge in [-0.25, -0.2) is 0 Å². The fourth-order valence-corrected chi connectivity index (χ4v) is 4.34. The molecule has 1 atom stereocenters. The van der Waals surface area contributed by atoms with E-state index in [2.05, 4.69) is 65.5 Å². The number of rotatable bonds is 6. The highest BCUT2D eigenvalue weighted by molar-refractivity contribution is 5.91. The molecule has 0 amide bonds. The monoisotopic (exact) mass is 411 g/mol. The van der Waals surface area contributed by atoms with Gasteiger partial charge in [0.1, 0.15) is 5.75 Å². The first-order valence-corrected chi connectivity index (χ1v) is 10.6. The van der Waals surface area contributed by atoms with Crippen molar-refractivity contribution in [2.24, 2.45) is 0 Å². The summed E-state index contributed by atoms with van der Waals surface area (Å²) in [6.45, 7) is 3.68. The number of hydrogen-bond donors (Lipinski definition) is 1. The molecule has 1 N–H and O–H groups in total. The standard InChI is InChI=1S/C26H25N3O2/c1-3-24(30)29-23-17-26(18-7-5-4-6-8-18,19-9-13-21(31-2)14-10-19)16-15-22(23)25(28-29)27-20-11-12-20/h3-10,13-16,20H,1,11-12,17H2,2H3,(H,27,28). The maximum absolute atomic E-state index is 12.7. The molecule has 5 rings (SSSR count). The molecule has 5 nitrogen and oxygen atoms in total. The Morgan fingerprint density at radius 2 is 1.87 bits per heavy atom. The van der Waals surface area contributed by atoms with Gasteiger partial charge in [0.15, 0.2) is 5.82 Å². The fourth-order valence-electron chi connectivity index (χ4n) is 4.34. The van der Waals surface area contributed by atoms with Gasteiger partial charge < -0.3 is 10.1 Å². The number of fused-ring (bicyclic) bond motifs is 1. The zero-order valence-electron chi connectivity index (χ0n) is 17.5. The molecular weight excluding hydrogens is 386 g/mol. The van der Waals surface area contributed by atoms with Crippen molar-refractivity contribution in [2.45, 2.75) is 30.7 Å². The highest BCUT2D eigenvalue weighted by Gasteiger charge is 2.39. The fraction of sp³-hybridized carbons (Fsp3) is 0.231. The topological polar surface area (TPSA) is 56.2 Å². The molecular formula is C26H25N3O2. The van der Waals surface area contributed by atoms with Crippen LogP contribution >= 0.6 is 0 Å². The van der Waals surface area contributed by atoms with E-state index >= 15 is 0 Å². The van der Waals surface area contributed by atoms with Crippen molar-refractivity contribution in [3.05, 3.63) is 95.7 Å². The Morgan fingerprint density at radius 1 is 1.16 bits per heavy atom. The lowest BCUT2D eigenvalue weighted by molar-refractivity contribution is 0.0950. The molecule has 1 saturated carbocycles. The summed E-state index contributed by atoms with van der Waals surface area (Å²) < 4.78 is 6.88. The van der Waals surface area contributed by atoms with E-state index in [1.54, 1.807) is 7.11 Å². The third-order valence-electron chi connectivity index (χ3n) is 6.20. The molecule has 3 aromatic rings. The van der Waals surface area contributed by atoms with Crippen molar-refractivity contribution < 1.29 is 9.53 Å². The van der Waals surface area contributed by atoms with Gasteiger partial charge in [0, 0.05) is 23.4 Å². The van der Waals surface area contributed by atoms with Gasteiger partial charge in [0.25, 0.3) is 5.91 Å². The SMILES string of the molecule is C=CC(=O)n1nc(NC2CC2)c2c1CC(c1ccccc1)(c1ccc(OC)cc1)C=C2. The van der Waals surface area contributed by atoms with E-state index in [0.29, 0.717) is 12.5 Å². The number of ether oxygens (including phenoxy) is 1. The van der Waals surface area contributed by atoms with Crippen LogP contribution in [0.25, 0.3) is 6.08 Å². The van der Waals surface area contributed by atoms with Crippen LogP contribution in [0.15, 0.2) is 73.3 Å². The Morgan fingerprint density at radius 3 is 2.52 bits per heavy atom. The third kappa shape index (κ3) is 3.36. The first-order valence-electron chi connectivity index (χ1n) is 10.6. The van der Waals surface area contributed by atoms with Crippen molar-refractivity contribution in [2.75, 3.05) is 12.4 Å². The first kappa shape index (κ1) is 19.4. The largest absolute Gasteiger partial charge is 0.497 e. The summed E-state index contributed by atoms with van der Waals surface area (Å²) in [4.78, 5) is 12.7. The van der Waals surface area contributed by atoms with E-state index in [0.717, 1.165) is 46.8 Å². The van der Waals surface area contributed by atoms with Crippen molar-refractivity contribution in [1.29, 1.82) is 0 Å². The molecule has 31 heavy (non-hydrogen) atoms. The van der Waals surface area contributed by atoms with Crippen molar-refractivity contribution in [3.63, 3.8) is 0 Å². The van der Waals surface area contributed by atoms with Crippen LogP contribution in [0.3, 0.4) is 0 Å². The average molecular weight is 412 g/mol. The number of carbonyl (C=O) groups excluding carboxylic acids is 1. The van der Waals surface area contributed by atoms with E-state index in [4.69, 9.17) is 4.74 Å². The van der Waals surface area contributed by atoms with Gasteiger partial charge in [0.2, 0.25) is 0 Å². The molecule has 0 bridgehead atoms. The van der Waals surface area contributed by atoms with Crippen LogP contribution in [-0.4, -0.2) is 28.8 Å². The number of nitrogens with zero attached hydrogens (tertiary/aromatic N) is 2. The van der Waals surface area contributed by atoms with Gasteiger partial charge >= 0.3 is 0 Å². The molecule has 1 heterocycles. The molecule has 0 aliphatic heterocycles. The van der Waals surface area contributed by atoms with Crippen LogP contribution in [0.4, 0.5) is 5.82 Å². The minimum atomic E-state index is -0.420. The lowest BCUT2D eigenvalue weighted by Gasteiger charge is -2.35. The van der Waals surface area contributed by atoms with Gasteiger partial charge in [-0.1, -0.05) is 61.2 Å². The summed E-state index contributed by atoms with van der Waals surface area (Å²) >= 11 is 0. The van der Waals surface area contributed by atoms with Gasteiger partial charge in [-0.3, -0.25) is 4.79 Å². The molecule has 0 saturated heterocycles. The number of benzene rings is 2. The number of methoxy groups -OCH3 is 1. The average Bonchev–Trinajstić information content (AvgIpc) is 3.58. The Balaban J connectivity index is 1.67. The Kier molecular flexibility index (Phi) is 4.74. The Labute approximate surface area is 182 Å². The molecule has 2 aliphatic carbocycles. The molecule has 2 aromatic carbocycles. The summed E-state index contributed by atoms with van der Waals surface area (Å²) in [6, 6.07) is 19.0.